The molecule has 26 nitrogen and oxygen atoms in total. The number of hydrogen-bond acceptors (Lipinski definition) is 15. The summed E-state index contributed by atoms with van der Waals surface area (Å²) in [5.74, 6) is -10.3. The second kappa shape index (κ2) is 36.6. The summed E-state index contributed by atoms with van der Waals surface area (Å²) in [6.07, 6.45) is 6.44. The first-order valence-corrected chi connectivity index (χ1v) is 34.7. The zero-order valence-electron chi connectivity index (χ0n) is 52.7. The monoisotopic (exact) mass is 1330 g/mol. The summed E-state index contributed by atoms with van der Waals surface area (Å²) in [7, 11) is 0. The number of amides is 11. The predicted molar refractivity (Wildman–Crippen MR) is 346 cm³/mol. The Morgan fingerprint density at radius 1 is 0.559 bits per heavy atom. The van der Waals surface area contributed by atoms with Crippen LogP contribution in [0.2, 0.25) is 0 Å². The Kier molecular flexibility index (Phi) is 28.6. The zero-order chi connectivity index (χ0) is 67.0. The molecule has 11 amide bonds. The fourth-order valence-corrected chi connectivity index (χ4v) is 14.0. The minimum Gasteiger partial charge on any atom is -0.481 e. The number of H-pyrrole nitrogens is 1. The molecule has 4 saturated heterocycles. The first-order valence-electron chi connectivity index (χ1n) is 32.4. The maximum absolute atomic E-state index is 14.9. The van der Waals surface area contributed by atoms with Gasteiger partial charge in [0.05, 0.1) is 13.0 Å². The maximum atomic E-state index is 14.9. The van der Waals surface area contributed by atoms with Crippen molar-refractivity contribution in [2.24, 2.45) is 0 Å². The lowest BCUT2D eigenvalue weighted by molar-refractivity contribution is -0.146. The number of carboxylic acid groups (broad SMARTS) is 1. The molecule has 93 heavy (non-hydrogen) atoms. The van der Waals surface area contributed by atoms with E-state index in [0.29, 0.717) is 55.6 Å². The van der Waals surface area contributed by atoms with Crippen molar-refractivity contribution >= 4 is 105 Å². The number of aliphatic hydroxyl groups excluding tert-OH is 1. The summed E-state index contributed by atoms with van der Waals surface area (Å²) >= 11 is 2.63. The lowest BCUT2D eigenvalue weighted by Crippen LogP contribution is -2.61. The van der Waals surface area contributed by atoms with Gasteiger partial charge in [-0.05, 0) is 85.8 Å². The fourth-order valence-electron chi connectivity index (χ4n) is 11.9. The van der Waals surface area contributed by atoms with Crippen LogP contribution in [-0.4, -0.2) is 206 Å². The van der Waals surface area contributed by atoms with Gasteiger partial charge in [-0.1, -0.05) is 89.1 Å². The number of carbonyl (C=O) groups excluding carboxylic acids is 11. The second-order valence-electron chi connectivity index (χ2n) is 24.0. The van der Waals surface area contributed by atoms with Crippen LogP contribution < -0.4 is 47.9 Å². The number of nitrogens with one attached hydrogen (secondary N) is 10. The van der Waals surface area contributed by atoms with Gasteiger partial charge in [-0.2, -0.15) is 23.5 Å². The van der Waals surface area contributed by atoms with Crippen molar-refractivity contribution < 1.29 is 72.1 Å². The molecule has 5 heterocycles. The standard InChI is InChI=1S/C64H89FN12O14S2/c1-3-5-7-8-9-18-44-56(83)73-48(35-78)60(87)70-45(31-38-21-23-40(65)24-22-38)58(85)72-47(33-54(80)81)64(91)77-28-13-20-52(77)63(90)71-46(32-39-34-67-42-17-11-10-15-41(39)42)59(86)74-49-36-92-29-14-30-93-37-50(61(88)68-44)75-57(84)43(16-6-4-2)69-62(89)51-19-12-27-76(51)53(79)25-26-66-55(49)82/h10-11,15,17,21-24,34,43-52,67,78H,3-9,12-14,16,18-20,25-33,35-37H2,1-2H3,(H,66,82)(H,68,88)(H,69,89)(H,70,87)(H,71,90)(H,72,85)(H,73,83)(H,74,86)(H,75,84)(H,80,81)/t43-,44-,45-,46-,47-,48-,49-,50-,51-,52-/m0/s1. The quantitative estimate of drug-likeness (QED) is 0.0901. The second-order valence-corrected chi connectivity index (χ2v) is 26.3. The number of aliphatic carboxylic acids is 1. The van der Waals surface area contributed by atoms with Gasteiger partial charge in [-0.15, -0.1) is 0 Å². The van der Waals surface area contributed by atoms with E-state index in [1.54, 1.807) is 12.3 Å². The zero-order valence-corrected chi connectivity index (χ0v) is 54.4. The number of hydrogen-bond donors (Lipinski definition) is 12. The van der Waals surface area contributed by atoms with E-state index in [4.69, 9.17) is 0 Å². The fraction of sp³-hybridized carbons (Fsp3) is 0.594. The number of aliphatic hydroxyl groups is 1. The molecule has 0 aliphatic carbocycles. The van der Waals surface area contributed by atoms with E-state index < -0.39 is 157 Å². The van der Waals surface area contributed by atoms with E-state index in [1.807, 2.05) is 32.0 Å². The van der Waals surface area contributed by atoms with Gasteiger partial charge in [-0.25, -0.2) is 4.39 Å². The number of rotatable bonds is 16. The number of aromatic nitrogens is 1. The van der Waals surface area contributed by atoms with Gasteiger partial charge in [0.2, 0.25) is 65.0 Å². The van der Waals surface area contributed by atoms with Crippen LogP contribution in [0.15, 0.2) is 54.7 Å². The third kappa shape index (κ3) is 21.4. The number of fused-ring (bicyclic) bond motifs is 11. The molecular formula is C64H89FN12O14S2. The van der Waals surface area contributed by atoms with E-state index in [2.05, 4.69) is 52.8 Å². The summed E-state index contributed by atoms with van der Waals surface area (Å²) in [4.78, 5) is 178. The Labute approximate surface area is 548 Å². The topological polar surface area (TPSA) is 376 Å². The molecule has 0 unspecified atom stereocenters. The van der Waals surface area contributed by atoms with Gasteiger partial charge in [0, 0.05) is 67.5 Å². The Balaban J connectivity index is 1.29. The third-order valence-corrected chi connectivity index (χ3v) is 19.3. The van der Waals surface area contributed by atoms with Crippen LogP contribution in [0.25, 0.3) is 10.9 Å². The van der Waals surface area contributed by atoms with Crippen LogP contribution in [0.3, 0.4) is 0 Å². The first kappa shape index (κ1) is 72.6. The van der Waals surface area contributed by atoms with Gasteiger partial charge < -0.3 is 72.8 Å². The highest BCUT2D eigenvalue weighted by Crippen LogP contribution is 2.24. The normalized spacial score (nSPS) is 26.2. The number of aromatic amines is 1. The summed E-state index contributed by atoms with van der Waals surface area (Å²) in [5.41, 5.74) is 1.62. The van der Waals surface area contributed by atoms with Crippen molar-refractivity contribution in [3.05, 3.63) is 71.7 Å². The van der Waals surface area contributed by atoms with Crippen LogP contribution in [0.1, 0.15) is 128 Å². The van der Waals surface area contributed by atoms with Crippen molar-refractivity contribution in [3.8, 4) is 0 Å². The number of nitrogens with zero attached hydrogens (tertiary/aromatic N) is 2. The molecule has 10 atom stereocenters. The van der Waals surface area contributed by atoms with Gasteiger partial charge >= 0.3 is 5.97 Å². The number of carboxylic acids is 1. The van der Waals surface area contributed by atoms with Gasteiger partial charge in [-0.3, -0.25) is 57.5 Å². The SMILES string of the molecule is CCCCCCC[C@@H]1NC(=O)[C@@H]2CSCCCSC[C@H](NC(=O)[C@H](Cc3c[nH]c4ccccc34)NC(=O)[C@@H]3CCCN3C(=O)[C@H](CC(=O)O)NC(=O)[C@H](Cc3ccc(F)cc3)NC(=O)[C@H](CO)NC1=O)C(=O)NCCC(=O)N1CCC[C@H]1C(=O)N[C@@H](CCCC)C(=O)N2. The number of para-hydroxylation sites is 1. The lowest BCUT2D eigenvalue weighted by Gasteiger charge is -2.31. The number of halogens is 1. The summed E-state index contributed by atoms with van der Waals surface area (Å²) < 4.78 is 14.2. The molecule has 2 aromatic carbocycles. The molecule has 2 bridgehead atoms. The molecule has 4 aliphatic rings. The largest absolute Gasteiger partial charge is 0.481 e. The van der Waals surface area contributed by atoms with Crippen LogP contribution in [0.4, 0.5) is 4.39 Å². The van der Waals surface area contributed by atoms with Crippen molar-refractivity contribution in [2.45, 2.75) is 190 Å². The van der Waals surface area contributed by atoms with E-state index in [0.717, 1.165) is 47.2 Å². The molecule has 508 valence electrons. The summed E-state index contributed by atoms with van der Waals surface area (Å²) in [5, 5.41) is 46.0. The van der Waals surface area contributed by atoms with Crippen molar-refractivity contribution in [1.82, 2.24) is 62.6 Å². The van der Waals surface area contributed by atoms with E-state index >= 15 is 0 Å². The minimum atomic E-state index is -1.87. The van der Waals surface area contributed by atoms with Crippen molar-refractivity contribution in [3.63, 3.8) is 0 Å². The molecule has 3 aromatic rings. The van der Waals surface area contributed by atoms with Crippen molar-refractivity contribution in [2.75, 3.05) is 49.3 Å². The Bertz CT molecular complexity index is 3120. The summed E-state index contributed by atoms with van der Waals surface area (Å²) in [6, 6.07) is -2.04. The number of benzene rings is 2. The van der Waals surface area contributed by atoms with Gasteiger partial charge in [0.15, 0.2) is 0 Å². The molecule has 0 saturated carbocycles. The maximum Gasteiger partial charge on any atom is 0.305 e. The van der Waals surface area contributed by atoms with Crippen LogP contribution in [0.5, 0.6) is 0 Å². The molecular weight excluding hydrogens is 1240 g/mol. The number of thioether (sulfide) groups is 2. The summed E-state index contributed by atoms with van der Waals surface area (Å²) in [6.45, 7) is 2.84. The molecule has 0 spiro atoms. The number of unbranched alkanes of at least 4 members (excludes halogenated alkanes) is 5. The molecule has 12 N–H and O–H groups in total. The highest BCUT2D eigenvalue weighted by Gasteiger charge is 2.42. The number of carbonyl (C=O) groups is 12. The molecule has 4 aliphatic heterocycles. The Hall–Kier alpha value is -7.79. The molecule has 4 fully saturated rings. The highest BCUT2D eigenvalue weighted by molar-refractivity contribution is 8.00. The highest BCUT2D eigenvalue weighted by atomic mass is 32.2. The van der Waals surface area contributed by atoms with E-state index in [-0.39, 0.29) is 81.6 Å². The third-order valence-electron chi connectivity index (χ3n) is 17.0. The van der Waals surface area contributed by atoms with Gasteiger partial charge in [0.25, 0.3) is 0 Å². The molecule has 1 aromatic heterocycles. The predicted octanol–water partition coefficient (Wildman–Crippen LogP) is 1.36. The van der Waals surface area contributed by atoms with E-state index in [9.17, 15) is 72.1 Å². The van der Waals surface area contributed by atoms with Gasteiger partial charge in [0.1, 0.15) is 66.2 Å². The molecule has 29 heteroatoms. The van der Waals surface area contributed by atoms with Crippen LogP contribution in [-0.2, 0) is 70.4 Å². The molecule has 0 radical (unpaired) electrons. The van der Waals surface area contributed by atoms with Crippen molar-refractivity contribution in [1.29, 1.82) is 0 Å². The smallest absolute Gasteiger partial charge is 0.305 e. The van der Waals surface area contributed by atoms with Crippen LogP contribution >= 0.6 is 23.5 Å². The average molecular weight is 1330 g/mol. The minimum absolute atomic E-state index is 0.00500. The average Bonchev–Trinajstić information content (AvgIpc) is 1.77. The first-order chi connectivity index (χ1) is 44.8. The molecule has 7 rings (SSSR count). The Morgan fingerprint density at radius 2 is 1.09 bits per heavy atom. The van der Waals surface area contributed by atoms with E-state index in [1.165, 1.54) is 40.6 Å². The van der Waals surface area contributed by atoms with Crippen LogP contribution in [0, 0.1) is 5.82 Å². The Morgan fingerprint density at radius 3 is 1.75 bits per heavy atom. The lowest BCUT2D eigenvalue weighted by atomic mass is 10.0.